The van der Waals surface area contributed by atoms with Crippen molar-refractivity contribution >= 4 is 22.8 Å². The van der Waals surface area contributed by atoms with Gasteiger partial charge >= 0.3 is 0 Å². The van der Waals surface area contributed by atoms with Crippen LogP contribution in [0, 0.1) is 6.92 Å². The van der Waals surface area contributed by atoms with Crippen LogP contribution in [-0.2, 0) is 6.54 Å². The van der Waals surface area contributed by atoms with Crippen molar-refractivity contribution in [1.82, 2.24) is 9.47 Å². The molecule has 1 aliphatic rings. The molecule has 0 aliphatic carbocycles. The number of hydrogen-bond donors (Lipinski definition) is 0. The van der Waals surface area contributed by atoms with Gasteiger partial charge in [0.2, 0.25) is 5.78 Å². The van der Waals surface area contributed by atoms with E-state index in [1.54, 1.807) is 7.11 Å². The number of methoxy groups -OCH3 is 1. The predicted molar refractivity (Wildman–Crippen MR) is 116 cm³/mol. The highest BCUT2D eigenvalue weighted by Gasteiger charge is 2.27. The Bertz CT molecular complexity index is 1110. The molecular formula is C24H26N2O3. The summed E-state index contributed by atoms with van der Waals surface area (Å²) in [7, 11) is 5.82. The summed E-state index contributed by atoms with van der Waals surface area (Å²) in [6, 6.07) is 11.7. The largest absolute Gasteiger partial charge is 0.497 e. The standard InChI is InChI=1S/C24H26N2O3/c1-16-6-8-19-22(12-16)29-23(24(19)27)13-17-15-26(11-5-10-25(2)3)21-9-7-18(28-4)14-20(17)21/h6-9,12-15H,5,10-11H2,1-4H3/b23-13-. The van der Waals surface area contributed by atoms with Gasteiger partial charge in [-0.25, -0.2) is 0 Å². The van der Waals surface area contributed by atoms with Gasteiger partial charge in [0.1, 0.15) is 11.5 Å². The van der Waals surface area contributed by atoms with E-state index in [1.807, 2.05) is 43.3 Å². The van der Waals surface area contributed by atoms with Gasteiger partial charge in [-0.2, -0.15) is 0 Å². The van der Waals surface area contributed by atoms with Crippen LogP contribution in [0.3, 0.4) is 0 Å². The minimum atomic E-state index is -0.0728. The van der Waals surface area contributed by atoms with Gasteiger partial charge in [0, 0.05) is 29.2 Å². The molecule has 5 heteroatoms. The van der Waals surface area contributed by atoms with E-state index in [9.17, 15) is 4.79 Å². The van der Waals surface area contributed by atoms with Crippen molar-refractivity contribution in [2.75, 3.05) is 27.7 Å². The monoisotopic (exact) mass is 390 g/mol. The van der Waals surface area contributed by atoms with Gasteiger partial charge < -0.3 is 18.9 Å². The van der Waals surface area contributed by atoms with Crippen molar-refractivity contribution in [3.63, 3.8) is 0 Å². The van der Waals surface area contributed by atoms with E-state index in [1.165, 1.54) is 0 Å². The second-order valence-electron chi connectivity index (χ2n) is 7.76. The number of carbonyl (C=O) groups excluding carboxylic acids is 1. The third-order valence-electron chi connectivity index (χ3n) is 5.24. The Morgan fingerprint density at radius 3 is 2.76 bits per heavy atom. The van der Waals surface area contributed by atoms with Crippen molar-refractivity contribution < 1.29 is 14.3 Å². The molecular weight excluding hydrogens is 364 g/mol. The molecule has 0 saturated carbocycles. The average Bonchev–Trinajstić information content (AvgIpc) is 3.19. The number of fused-ring (bicyclic) bond motifs is 2. The number of nitrogens with zero attached hydrogens (tertiary/aromatic N) is 2. The summed E-state index contributed by atoms with van der Waals surface area (Å²) in [5.41, 5.74) is 3.76. The lowest BCUT2D eigenvalue weighted by molar-refractivity contribution is 0.101. The number of rotatable bonds is 6. The van der Waals surface area contributed by atoms with Crippen LogP contribution in [0.2, 0.25) is 0 Å². The Morgan fingerprint density at radius 1 is 1.17 bits per heavy atom. The molecule has 0 spiro atoms. The number of carbonyl (C=O) groups is 1. The first kappa shape index (κ1) is 19.3. The molecule has 0 N–H and O–H groups in total. The lowest BCUT2D eigenvalue weighted by Gasteiger charge is -2.10. The number of aromatic nitrogens is 1. The second-order valence-corrected chi connectivity index (χ2v) is 7.76. The molecule has 29 heavy (non-hydrogen) atoms. The fourth-order valence-corrected chi connectivity index (χ4v) is 3.72. The van der Waals surface area contributed by atoms with Gasteiger partial charge in [-0.15, -0.1) is 0 Å². The zero-order valence-electron chi connectivity index (χ0n) is 17.4. The number of benzene rings is 2. The molecule has 0 bridgehead atoms. The highest BCUT2D eigenvalue weighted by atomic mass is 16.5. The van der Waals surface area contributed by atoms with Crippen molar-refractivity contribution in [1.29, 1.82) is 0 Å². The van der Waals surface area contributed by atoms with Crippen molar-refractivity contribution in [2.45, 2.75) is 19.9 Å². The van der Waals surface area contributed by atoms with E-state index in [4.69, 9.17) is 9.47 Å². The molecule has 0 fully saturated rings. The molecule has 1 aliphatic heterocycles. The molecule has 4 rings (SSSR count). The number of ether oxygens (including phenoxy) is 2. The molecule has 2 aromatic carbocycles. The summed E-state index contributed by atoms with van der Waals surface area (Å²) in [5.74, 6) is 1.71. The molecule has 0 atom stereocenters. The van der Waals surface area contributed by atoms with E-state index in [0.29, 0.717) is 17.1 Å². The van der Waals surface area contributed by atoms with Crippen LogP contribution in [0.25, 0.3) is 17.0 Å². The van der Waals surface area contributed by atoms with Gasteiger partial charge in [0.25, 0.3) is 0 Å². The fraction of sp³-hybridized carbons (Fsp3) is 0.292. The molecule has 5 nitrogen and oxygen atoms in total. The van der Waals surface area contributed by atoms with E-state index < -0.39 is 0 Å². The van der Waals surface area contributed by atoms with E-state index in [-0.39, 0.29) is 5.78 Å². The highest BCUT2D eigenvalue weighted by Crippen LogP contribution is 2.34. The lowest BCUT2D eigenvalue weighted by atomic mass is 10.1. The number of allylic oxidation sites excluding steroid dienone is 1. The third kappa shape index (κ3) is 3.78. The molecule has 0 radical (unpaired) electrons. The summed E-state index contributed by atoms with van der Waals surface area (Å²) in [6.07, 6.45) is 4.98. The Morgan fingerprint density at radius 2 is 2.00 bits per heavy atom. The maximum Gasteiger partial charge on any atom is 0.231 e. The molecule has 0 saturated heterocycles. The molecule has 2 heterocycles. The van der Waals surface area contributed by atoms with Crippen LogP contribution >= 0.6 is 0 Å². The Labute approximate surface area is 171 Å². The molecule has 3 aromatic rings. The number of aryl methyl sites for hydroxylation is 2. The van der Waals surface area contributed by atoms with E-state index >= 15 is 0 Å². The van der Waals surface area contributed by atoms with Crippen LogP contribution in [0.5, 0.6) is 11.5 Å². The molecule has 0 unspecified atom stereocenters. The van der Waals surface area contributed by atoms with Crippen LogP contribution < -0.4 is 9.47 Å². The Balaban J connectivity index is 1.73. The molecule has 150 valence electrons. The first-order chi connectivity index (χ1) is 14.0. The highest BCUT2D eigenvalue weighted by molar-refractivity contribution is 6.15. The zero-order valence-corrected chi connectivity index (χ0v) is 17.4. The van der Waals surface area contributed by atoms with Crippen LogP contribution in [0.4, 0.5) is 0 Å². The van der Waals surface area contributed by atoms with Gasteiger partial charge in [-0.3, -0.25) is 4.79 Å². The van der Waals surface area contributed by atoms with Crippen molar-refractivity contribution in [3.8, 4) is 11.5 Å². The smallest absolute Gasteiger partial charge is 0.231 e. The fourth-order valence-electron chi connectivity index (χ4n) is 3.72. The summed E-state index contributed by atoms with van der Waals surface area (Å²) in [6.45, 7) is 3.91. The summed E-state index contributed by atoms with van der Waals surface area (Å²) >= 11 is 0. The number of ketones is 1. The lowest BCUT2D eigenvalue weighted by Crippen LogP contribution is -2.14. The average molecular weight is 390 g/mol. The minimum Gasteiger partial charge on any atom is -0.497 e. The topological polar surface area (TPSA) is 43.7 Å². The van der Waals surface area contributed by atoms with Crippen LogP contribution in [0.15, 0.2) is 48.4 Å². The van der Waals surface area contributed by atoms with Crippen molar-refractivity contribution in [2.24, 2.45) is 0 Å². The summed E-state index contributed by atoms with van der Waals surface area (Å²) in [4.78, 5) is 15.0. The van der Waals surface area contributed by atoms with Crippen LogP contribution in [0.1, 0.15) is 27.9 Å². The SMILES string of the molecule is COc1ccc2c(c1)c(/C=C1\Oc3cc(C)ccc3C1=O)cn2CCCN(C)C. The molecule has 0 amide bonds. The first-order valence-corrected chi connectivity index (χ1v) is 9.83. The van der Waals surface area contributed by atoms with Gasteiger partial charge in [0.05, 0.1) is 12.7 Å². The van der Waals surface area contributed by atoms with Gasteiger partial charge in [-0.05, 0) is 76.0 Å². The summed E-state index contributed by atoms with van der Waals surface area (Å²) < 4.78 is 13.6. The Hall–Kier alpha value is -3.05. The normalized spacial score (nSPS) is 14.7. The van der Waals surface area contributed by atoms with Crippen molar-refractivity contribution in [3.05, 3.63) is 65.0 Å². The third-order valence-corrected chi connectivity index (χ3v) is 5.24. The minimum absolute atomic E-state index is 0.0728. The predicted octanol–water partition coefficient (Wildman–Crippen LogP) is 4.53. The zero-order chi connectivity index (χ0) is 20.5. The first-order valence-electron chi connectivity index (χ1n) is 9.83. The maximum absolute atomic E-state index is 12.8. The number of Topliss-reactive ketones (excluding diaryl/α,β-unsaturated/α-hetero) is 1. The van der Waals surface area contributed by atoms with E-state index in [2.05, 4.69) is 35.8 Å². The maximum atomic E-state index is 12.8. The van der Waals surface area contributed by atoms with Crippen LogP contribution in [-0.4, -0.2) is 43.0 Å². The quantitative estimate of drug-likeness (QED) is 0.580. The molecule has 1 aromatic heterocycles. The second kappa shape index (κ2) is 7.76. The Kier molecular flexibility index (Phi) is 5.16. The van der Waals surface area contributed by atoms with E-state index in [0.717, 1.165) is 47.3 Å². The van der Waals surface area contributed by atoms with Gasteiger partial charge in [0.15, 0.2) is 5.76 Å². The number of hydrogen-bond acceptors (Lipinski definition) is 4. The summed E-state index contributed by atoms with van der Waals surface area (Å²) in [5, 5.41) is 1.05. The van der Waals surface area contributed by atoms with Gasteiger partial charge in [-0.1, -0.05) is 6.07 Å².